The molecule has 2 aromatic heterocycles. The molecule has 0 saturated heterocycles. The minimum atomic E-state index is -4.54. The van der Waals surface area contributed by atoms with Crippen LogP contribution in [0.2, 0.25) is 5.28 Å². The van der Waals surface area contributed by atoms with Crippen molar-refractivity contribution in [2.45, 2.75) is 32.5 Å². The lowest BCUT2D eigenvalue weighted by Crippen LogP contribution is -2.08. The monoisotopic (exact) mass is 440 g/mol. The van der Waals surface area contributed by atoms with Gasteiger partial charge in [0.25, 0.3) is 0 Å². The maximum absolute atomic E-state index is 13.1. The quantitative estimate of drug-likeness (QED) is 0.330. The molecule has 3 aromatic rings. The second-order valence-corrected chi connectivity index (χ2v) is 7.01. The van der Waals surface area contributed by atoms with E-state index in [0.717, 1.165) is 17.8 Å². The van der Waals surface area contributed by atoms with E-state index in [1.54, 1.807) is 38.1 Å². The van der Waals surface area contributed by atoms with E-state index in [9.17, 15) is 23.3 Å². The molecule has 1 N–H and O–H groups in total. The van der Waals surface area contributed by atoms with E-state index in [1.165, 1.54) is 4.68 Å². The molecular weight excluding hydrogens is 425 g/mol. The van der Waals surface area contributed by atoms with Crippen LogP contribution in [0.4, 0.5) is 24.7 Å². The number of anilines is 1. The third-order valence-electron chi connectivity index (χ3n) is 4.20. The summed E-state index contributed by atoms with van der Waals surface area (Å²) < 4.78 is 40.4. The number of hydrogen-bond acceptors (Lipinski definition) is 6. The zero-order valence-electron chi connectivity index (χ0n) is 15.8. The Morgan fingerprint density at radius 1 is 1.27 bits per heavy atom. The van der Waals surface area contributed by atoms with Gasteiger partial charge in [-0.25, -0.2) is 9.67 Å². The summed E-state index contributed by atoms with van der Waals surface area (Å²) in [4.78, 5) is 17.8. The molecule has 0 saturated carbocycles. The summed E-state index contributed by atoms with van der Waals surface area (Å²) in [7, 11) is 0. The van der Waals surface area contributed by atoms with Gasteiger partial charge in [-0.2, -0.15) is 23.3 Å². The fourth-order valence-electron chi connectivity index (χ4n) is 2.71. The molecule has 0 amide bonds. The number of halogens is 4. The molecular formula is C18H16ClF3N6O2. The minimum absolute atomic E-state index is 0.0342. The van der Waals surface area contributed by atoms with Gasteiger partial charge < -0.3 is 5.32 Å². The fraction of sp³-hybridized carbons (Fsp3) is 0.278. The number of aromatic nitrogens is 4. The van der Waals surface area contributed by atoms with Crippen LogP contribution in [0.1, 0.15) is 36.7 Å². The lowest BCUT2D eigenvalue weighted by Gasteiger charge is -2.11. The van der Waals surface area contributed by atoms with Gasteiger partial charge in [-0.05, 0) is 41.3 Å². The van der Waals surface area contributed by atoms with Gasteiger partial charge in [-0.3, -0.25) is 10.1 Å². The zero-order chi connectivity index (χ0) is 22.1. The van der Waals surface area contributed by atoms with Crippen LogP contribution in [0.15, 0.2) is 36.5 Å². The number of nitrogens with one attached hydrogen (secondary N) is 1. The average molecular weight is 441 g/mol. The van der Waals surface area contributed by atoms with Gasteiger partial charge >= 0.3 is 11.9 Å². The van der Waals surface area contributed by atoms with Crippen molar-refractivity contribution < 1.29 is 18.1 Å². The third-order valence-corrected chi connectivity index (χ3v) is 4.38. The Labute approximate surface area is 173 Å². The first-order valence-corrected chi connectivity index (χ1v) is 9.11. The number of alkyl halides is 3. The van der Waals surface area contributed by atoms with Gasteiger partial charge in [0, 0.05) is 12.2 Å². The first-order chi connectivity index (χ1) is 14.1. The first kappa shape index (κ1) is 21.5. The fourth-order valence-corrected chi connectivity index (χ4v) is 2.84. The number of nitrogens with zero attached hydrogens (tertiary/aromatic N) is 5. The second-order valence-electron chi connectivity index (χ2n) is 6.67. The highest BCUT2D eigenvalue weighted by Crippen LogP contribution is 2.31. The molecule has 8 nitrogen and oxygen atoms in total. The summed E-state index contributed by atoms with van der Waals surface area (Å²) in [6.07, 6.45) is -3.53. The van der Waals surface area contributed by atoms with Crippen LogP contribution >= 0.6 is 11.6 Å². The smallest absolute Gasteiger partial charge is 0.360 e. The molecule has 0 radical (unpaired) electrons. The molecule has 0 aliphatic heterocycles. The average Bonchev–Trinajstić information content (AvgIpc) is 3.13. The van der Waals surface area contributed by atoms with Gasteiger partial charge in [0.05, 0.1) is 10.6 Å². The Balaban J connectivity index is 1.82. The first-order valence-electron chi connectivity index (χ1n) is 8.73. The van der Waals surface area contributed by atoms with Crippen molar-refractivity contribution in [1.82, 2.24) is 19.7 Å². The summed E-state index contributed by atoms with van der Waals surface area (Å²) in [5, 5.41) is 17.4. The van der Waals surface area contributed by atoms with Gasteiger partial charge in [0.2, 0.25) is 11.1 Å². The number of rotatable bonds is 6. The van der Waals surface area contributed by atoms with Gasteiger partial charge in [-0.1, -0.05) is 26.0 Å². The Hall–Kier alpha value is -3.21. The molecule has 0 aliphatic carbocycles. The maximum Gasteiger partial charge on any atom is 0.435 e. The van der Waals surface area contributed by atoms with Crippen LogP contribution in [0, 0.1) is 10.1 Å². The van der Waals surface area contributed by atoms with Crippen molar-refractivity contribution in [3.05, 3.63) is 68.9 Å². The van der Waals surface area contributed by atoms with E-state index in [0.29, 0.717) is 11.4 Å². The number of hydrogen-bond donors (Lipinski definition) is 1. The molecule has 158 valence electrons. The maximum atomic E-state index is 13.1. The molecule has 12 heteroatoms. The Bertz CT molecular complexity index is 1070. The highest BCUT2D eigenvalue weighted by molar-refractivity contribution is 6.28. The van der Waals surface area contributed by atoms with Crippen molar-refractivity contribution in [1.29, 1.82) is 0 Å². The van der Waals surface area contributed by atoms with E-state index >= 15 is 0 Å². The lowest BCUT2D eigenvalue weighted by atomic mass is 10.1. The van der Waals surface area contributed by atoms with Crippen molar-refractivity contribution >= 4 is 23.1 Å². The molecule has 30 heavy (non-hydrogen) atoms. The summed E-state index contributed by atoms with van der Waals surface area (Å²) in [5.74, 6) is -0.203. The molecule has 2 heterocycles. The van der Waals surface area contributed by atoms with Crippen molar-refractivity contribution in [2.75, 3.05) is 5.32 Å². The normalized spacial score (nSPS) is 11.7. The van der Waals surface area contributed by atoms with Gasteiger partial charge in [-0.15, -0.1) is 0 Å². The van der Waals surface area contributed by atoms with Crippen molar-refractivity contribution in [3.63, 3.8) is 0 Å². The van der Waals surface area contributed by atoms with E-state index in [4.69, 9.17) is 11.6 Å². The summed E-state index contributed by atoms with van der Waals surface area (Å²) >= 11 is 5.69. The Kier molecular flexibility index (Phi) is 5.92. The van der Waals surface area contributed by atoms with Gasteiger partial charge in [0.15, 0.2) is 5.69 Å². The molecule has 1 aromatic carbocycles. The van der Waals surface area contributed by atoms with Gasteiger partial charge in [0.1, 0.15) is 6.20 Å². The predicted molar refractivity (Wildman–Crippen MR) is 104 cm³/mol. The molecule has 0 spiro atoms. The number of benzene rings is 1. The van der Waals surface area contributed by atoms with E-state index in [-0.39, 0.29) is 29.3 Å². The summed E-state index contributed by atoms with van der Waals surface area (Å²) in [5.41, 5.74) is 0.337. The van der Waals surface area contributed by atoms with Crippen molar-refractivity contribution in [2.24, 2.45) is 0 Å². The zero-order valence-corrected chi connectivity index (χ0v) is 16.6. The molecule has 0 bridgehead atoms. The molecule has 0 atom stereocenters. The molecule has 0 unspecified atom stereocenters. The highest BCUT2D eigenvalue weighted by atomic mass is 35.5. The summed E-state index contributed by atoms with van der Waals surface area (Å²) in [6, 6.07) is 7.64. The van der Waals surface area contributed by atoms with Crippen LogP contribution in [0.25, 0.3) is 5.69 Å². The highest BCUT2D eigenvalue weighted by Gasteiger charge is 2.35. The standard InChI is InChI=1S/C18H16ClF3N6O2/c1-10(2)13-7-15(18(20,21)22)26-27(13)12-5-3-11(4-6-12)8-23-16-14(28(29)30)9-24-17(19)25-16/h3-7,9-10H,8H2,1-2H3,(H,23,24,25). The molecule has 0 fully saturated rings. The Morgan fingerprint density at radius 2 is 1.93 bits per heavy atom. The lowest BCUT2D eigenvalue weighted by molar-refractivity contribution is -0.384. The third kappa shape index (κ3) is 4.67. The Morgan fingerprint density at radius 3 is 2.50 bits per heavy atom. The molecule has 0 aliphatic rings. The van der Waals surface area contributed by atoms with Crippen LogP contribution in [-0.4, -0.2) is 24.7 Å². The van der Waals surface area contributed by atoms with E-state index in [2.05, 4.69) is 20.4 Å². The predicted octanol–water partition coefficient (Wildman–Crippen LogP) is 4.98. The van der Waals surface area contributed by atoms with Crippen LogP contribution in [0.3, 0.4) is 0 Å². The largest absolute Gasteiger partial charge is 0.435 e. The van der Waals surface area contributed by atoms with Crippen LogP contribution in [-0.2, 0) is 12.7 Å². The van der Waals surface area contributed by atoms with E-state index in [1.807, 2.05) is 0 Å². The number of nitro groups is 1. The summed E-state index contributed by atoms with van der Waals surface area (Å²) in [6.45, 7) is 3.75. The van der Waals surface area contributed by atoms with E-state index < -0.39 is 16.8 Å². The molecule has 3 rings (SSSR count). The van der Waals surface area contributed by atoms with Crippen LogP contribution in [0.5, 0.6) is 0 Å². The minimum Gasteiger partial charge on any atom is -0.360 e. The topological polar surface area (TPSA) is 98.8 Å². The van der Waals surface area contributed by atoms with Crippen LogP contribution < -0.4 is 5.32 Å². The van der Waals surface area contributed by atoms with Crippen molar-refractivity contribution in [3.8, 4) is 5.69 Å². The second kappa shape index (κ2) is 8.27. The SMILES string of the molecule is CC(C)c1cc(C(F)(F)F)nn1-c1ccc(CNc2nc(Cl)ncc2[N+](=O)[O-])cc1.